The number of rotatable bonds is 4. The molecule has 2 aliphatic heterocycles. The minimum Gasteiger partial charge on any atom is -0.328 e. The van der Waals surface area contributed by atoms with Gasteiger partial charge in [-0.2, -0.15) is 0 Å². The molecule has 2 aliphatic carbocycles. The summed E-state index contributed by atoms with van der Waals surface area (Å²) in [5, 5.41) is 2.84. The zero-order valence-electron chi connectivity index (χ0n) is 20.5. The molecule has 2 amide bonds. The van der Waals surface area contributed by atoms with Gasteiger partial charge in [0, 0.05) is 70.2 Å². The molecule has 34 heavy (non-hydrogen) atoms. The van der Waals surface area contributed by atoms with Gasteiger partial charge in [-0.3, -0.25) is 14.8 Å². The number of carbonyl (C=O) groups is 1. The van der Waals surface area contributed by atoms with E-state index in [4.69, 9.17) is 0 Å². The lowest BCUT2D eigenvalue weighted by Crippen LogP contribution is -2.65. The molecule has 2 saturated carbocycles. The standard InChI is InChI=1S/C26H39F2N5O/c1-18(2)31-9-11-32(12-10-31)23-6-3-7-26(27,28)24(23)30-25(34)33-16-21-13-20(14-22(21)17-33)19-5-4-8-29-15-19/h4-5,8,15,18,20-24H,3,6-7,9-14,16-17H2,1-2H3,(H,30,34)/t20?,21-,22+,23-,24+/m0/s1. The molecule has 5 rings (SSSR count). The number of piperazine rings is 1. The van der Waals surface area contributed by atoms with Crippen LogP contribution in [0.3, 0.4) is 0 Å². The third-order valence-corrected chi connectivity index (χ3v) is 8.87. The van der Waals surface area contributed by atoms with Crippen molar-refractivity contribution in [1.29, 1.82) is 0 Å². The molecule has 3 heterocycles. The lowest BCUT2D eigenvalue weighted by atomic mass is 9.85. The summed E-state index contributed by atoms with van der Waals surface area (Å²) in [5.74, 6) is -1.48. The Morgan fingerprint density at radius 1 is 1.15 bits per heavy atom. The van der Waals surface area contributed by atoms with Gasteiger partial charge in [-0.15, -0.1) is 0 Å². The summed E-state index contributed by atoms with van der Waals surface area (Å²) in [6.45, 7) is 9.06. The second kappa shape index (κ2) is 9.69. The number of aromatic nitrogens is 1. The number of alkyl halides is 2. The Kier molecular flexibility index (Phi) is 6.81. The lowest BCUT2D eigenvalue weighted by Gasteiger charge is -2.47. The molecular formula is C26H39F2N5O. The maximum atomic E-state index is 15.1. The van der Waals surface area contributed by atoms with E-state index >= 15 is 8.78 Å². The van der Waals surface area contributed by atoms with E-state index in [2.05, 4.69) is 40.0 Å². The highest BCUT2D eigenvalue weighted by molar-refractivity contribution is 5.75. The van der Waals surface area contributed by atoms with Crippen LogP contribution in [0.25, 0.3) is 0 Å². The fourth-order valence-electron chi connectivity index (χ4n) is 6.91. The van der Waals surface area contributed by atoms with Crippen LogP contribution in [0.15, 0.2) is 24.5 Å². The van der Waals surface area contributed by atoms with Gasteiger partial charge >= 0.3 is 6.03 Å². The summed E-state index contributed by atoms with van der Waals surface area (Å²) in [6.07, 6.45) is 6.92. The molecule has 0 spiro atoms. The average Bonchev–Trinajstić information content (AvgIpc) is 3.40. The Labute approximate surface area is 202 Å². The van der Waals surface area contributed by atoms with Gasteiger partial charge in [0.15, 0.2) is 0 Å². The van der Waals surface area contributed by atoms with Crippen molar-refractivity contribution in [2.24, 2.45) is 11.8 Å². The molecule has 1 unspecified atom stereocenters. The molecule has 4 aliphatic rings. The zero-order valence-corrected chi connectivity index (χ0v) is 20.5. The number of amides is 2. The predicted octanol–water partition coefficient (Wildman–Crippen LogP) is 3.80. The molecule has 4 fully saturated rings. The van der Waals surface area contributed by atoms with Crippen LogP contribution in [-0.2, 0) is 0 Å². The van der Waals surface area contributed by atoms with Crippen molar-refractivity contribution in [3.8, 4) is 0 Å². The molecule has 0 bridgehead atoms. The van der Waals surface area contributed by atoms with Crippen LogP contribution >= 0.6 is 0 Å². The third kappa shape index (κ3) is 4.81. The van der Waals surface area contributed by atoms with E-state index in [-0.39, 0.29) is 18.5 Å². The van der Waals surface area contributed by atoms with Gasteiger partial charge in [-0.05, 0) is 68.9 Å². The highest BCUT2D eigenvalue weighted by atomic mass is 19.3. The summed E-state index contributed by atoms with van der Waals surface area (Å²) in [4.78, 5) is 23.8. The van der Waals surface area contributed by atoms with Crippen molar-refractivity contribution in [3.05, 3.63) is 30.1 Å². The van der Waals surface area contributed by atoms with E-state index in [1.807, 2.05) is 12.3 Å². The average molecular weight is 476 g/mol. The Morgan fingerprint density at radius 3 is 2.47 bits per heavy atom. The Bertz CT molecular complexity index is 831. The second-order valence-corrected chi connectivity index (χ2v) is 11.2. The topological polar surface area (TPSA) is 51.7 Å². The van der Waals surface area contributed by atoms with E-state index in [9.17, 15) is 4.79 Å². The third-order valence-electron chi connectivity index (χ3n) is 8.87. The SMILES string of the molecule is CC(C)N1CCN([C@H]2CCCC(F)(F)[C@@H]2NC(=O)N2C[C@H]3CC(c4cccnc4)C[C@H]3C2)CC1. The van der Waals surface area contributed by atoms with Crippen molar-refractivity contribution in [2.45, 2.75) is 75.9 Å². The van der Waals surface area contributed by atoms with Crippen LogP contribution in [-0.4, -0.2) is 89.0 Å². The molecule has 5 atom stereocenters. The molecule has 0 radical (unpaired) electrons. The number of urea groups is 1. The first-order valence-electron chi connectivity index (χ1n) is 13.1. The number of fused-ring (bicyclic) bond motifs is 1. The van der Waals surface area contributed by atoms with Gasteiger partial charge in [0.05, 0.1) is 0 Å². The van der Waals surface area contributed by atoms with Crippen molar-refractivity contribution in [2.75, 3.05) is 39.3 Å². The molecule has 1 N–H and O–H groups in total. The van der Waals surface area contributed by atoms with Gasteiger partial charge in [0.25, 0.3) is 5.92 Å². The number of pyridine rings is 1. The molecule has 2 saturated heterocycles. The summed E-state index contributed by atoms with van der Waals surface area (Å²) < 4.78 is 30.2. The number of nitrogens with zero attached hydrogens (tertiary/aromatic N) is 4. The lowest BCUT2D eigenvalue weighted by molar-refractivity contribution is -0.0971. The highest BCUT2D eigenvalue weighted by Crippen LogP contribution is 2.46. The van der Waals surface area contributed by atoms with Crippen LogP contribution in [0.4, 0.5) is 13.6 Å². The fraction of sp³-hybridized carbons (Fsp3) is 0.769. The van der Waals surface area contributed by atoms with E-state index < -0.39 is 12.0 Å². The van der Waals surface area contributed by atoms with Crippen molar-refractivity contribution < 1.29 is 13.6 Å². The molecule has 188 valence electrons. The number of hydrogen-bond donors (Lipinski definition) is 1. The quantitative estimate of drug-likeness (QED) is 0.720. The number of carbonyl (C=O) groups excluding carboxylic acids is 1. The van der Waals surface area contributed by atoms with E-state index in [0.29, 0.717) is 43.3 Å². The molecular weight excluding hydrogens is 436 g/mol. The van der Waals surface area contributed by atoms with Gasteiger partial charge in [-0.25, -0.2) is 13.6 Å². The monoisotopic (exact) mass is 475 g/mol. The van der Waals surface area contributed by atoms with Gasteiger partial charge in [0.1, 0.15) is 6.04 Å². The minimum atomic E-state index is -2.87. The van der Waals surface area contributed by atoms with Crippen LogP contribution in [0, 0.1) is 11.8 Å². The Morgan fingerprint density at radius 2 is 1.85 bits per heavy atom. The zero-order chi connectivity index (χ0) is 23.9. The molecule has 6 nitrogen and oxygen atoms in total. The van der Waals surface area contributed by atoms with E-state index in [1.165, 1.54) is 5.56 Å². The summed E-state index contributed by atoms with van der Waals surface area (Å²) in [6, 6.07) is 2.88. The first-order chi connectivity index (χ1) is 16.3. The maximum Gasteiger partial charge on any atom is 0.317 e. The van der Waals surface area contributed by atoms with Crippen LogP contribution in [0.2, 0.25) is 0 Å². The molecule has 1 aromatic rings. The van der Waals surface area contributed by atoms with Crippen molar-refractivity contribution in [3.63, 3.8) is 0 Å². The minimum absolute atomic E-state index is 0.140. The molecule has 0 aromatic carbocycles. The Balaban J connectivity index is 1.20. The van der Waals surface area contributed by atoms with Crippen molar-refractivity contribution >= 4 is 6.03 Å². The normalized spacial score (nSPS) is 34.4. The Hall–Kier alpha value is -1.80. The summed E-state index contributed by atoms with van der Waals surface area (Å²) in [5.41, 5.74) is 1.27. The van der Waals surface area contributed by atoms with Crippen LogP contribution < -0.4 is 5.32 Å². The number of hydrogen-bond acceptors (Lipinski definition) is 4. The van der Waals surface area contributed by atoms with E-state index in [1.54, 1.807) is 11.1 Å². The predicted molar refractivity (Wildman–Crippen MR) is 128 cm³/mol. The summed E-state index contributed by atoms with van der Waals surface area (Å²) >= 11 is 0. The number of nitrogens with one attached hydrogen (secondary N) is 1. The largest absolute Gasteiger partial charge is 0.328 e. The number of halogens is 2. The maximum absolute atomic E-state index is 15.1. The van der Waals surface area contributed by atoms with Gasteiger partial charge in [0.2, 0.25) is 0 Å². The van der Waals surface area contributed by atoms with Crippen molar-refractivity contribution in [1.82, 2.24) is 25.0 Å². The van der Waals surface area contributed by atoms with Gasteiger partial charge in [-0.1, -0.05) is 6.07 Å². The first-order valence-corrected chi connectivity index (χ1v) is 13.1. The summed E-state index contributed by atoms with van der Waals surface area (Å²) in [7, 11) is 0. The van der Waals surface area contributed by atoms with Gasteiger partial charge < -0.3 is 10.2 Å². The van der Waals surface area contributed by atoms with Crippen LogP contribution in [0.5, 0.6) is 0 Å². The van der Waals surface area contributed by atoms with E-state index in [0.717, 1.165) is 45.4 Å². The smallest absolute Gasteiger partial charge is 0.317 e. The molecule has 8 heteroatoms. The van der Waals surface area contributed by atoms with Crippen LogP contribution in [0.1, 0.15) is 57.4 Å². The highest BCUT2D eigenvalue weighted by Gasteiger charge is 2.51. The molecule has 1 aromatic heterocycles. The first kappa shape index (κ1) is 23.9. The number of likely N-dealkylation sites (tertiary alicyclic amines) is 1. The fourth-order valence-corrected chi connectivity index (χ4v) is 6.91. The second-order valence-electron chi connectivity index (χ2n) is 11.2.